The highest BCUT2D eigenvalue weighted by atomic mass is 16.3. The van der Waals surface area contributed by atoms with Gasteiger partial charge in [-0.2, -0.15) is 0 Å². The molecule has 0 amide bonds. The number of rotatable bonds is 7. The zero-order chi connectivity index (χ0) is 21.0. The molecular formula is C23H24N6O2. The third-order valence-electron chi connectivity index (χ3n) is 5.74. The Labute approximate surface area is 179 Å². The van der Waals surface area contributed by atoms with E-state index < -0.39 is 0 Å². The maximum Gasteiger partial charge on any atom is 0.181 e. The number of H-pyrrole nitrogens is 1. The van der Waals surface area contributed by atoms with E-state index in [9.17, 15) is 4.79 Å². The van der Waals surface area contributed by atoms with Crippen LogP contribution in [0.4, 0.5) is 11.5 Å². The highest BCUT2D eigenvalue weighted by Crippen LogP contribution is 2.28. The molecule has 3 aromatic heterocycles. The number of aromatic amines is 1. The first-order valence-electron chi connectivity index (χ1n) is 10.5. The number of fused-ring (bicyclic) bond motifs is 1. The van der Waals surface area contributed by atoms with E-state index in [2.05, 4.69) is 30.2 Å². The van der Waals surface area contributed by atoms with Gasteiger partial charge in [0.25, 0.3) is 0 Å². The number of hydrogen-bond acceptors (Lipinski definition) is 7. The molecule has 0 aliphatic carbocycles. The monoisotopic (exact) mass is 416 g/mol. The molecule has 0 saturated carbocycles. The molecule has 1 saturated heterocycles. The number of aromatic nitrogens is 4. The predicted octanol–water partition coefficient (Wildman–Crippen LogP) is 3.90. The molecule has 0 radical (unpaired) electrons. The molecule has 1 atom stereocenters. The van der Waals surface area contributed by atoms with Crippen molar-refractivity contribution in [1.29, 1.82) is 0 Å². The summed E-state index contributed by atoms with van der Waals surface area (Å²) in [6, 6.07) is 9.82. The minimum Gasteiger partial charge on any atom is -0.444 e. The highest BCUT2D eigenvalue weighted by molar-refractivity contribution is 5.87. The normalized spacial score (nSPS) is 16.5. The molecule has 5 rings (SSSR count). The number of carbonyl (C=O) groups is 1. The van der Waals surface area contributed by atoms with Crippen molar-refractivity contribution in [2.75, 3.05) is 29.9 Å². The molecule has 8 nitrogen and oxygen atoms in total. The number of benzene rings is 1. The molecule has 4 heterocycles. The molecular weight excluding hydrogens is 392 g/mol. The molecule has 4 aromatic rings. The van der Waals surface area contributed by atoms with Crippen molar-refractivity contribution >= 4 is 28.3 Å². The molecule has 1 fully saturated rings. The Hall–Kier alpha value is -3.68. The van der Waals surface area contributed by atoms with E-state index in [1.807, 2.05) is 36.5 Å². The number of oxazole rings is 1. The Kier molecular flexibility index (Phi) is 5.35. The average molecular weight is 416 g/mol. The Bertz CT molecular complexity index is 1170. The smallest absolute Gasteiger partial charge is 0.181 e. The van der Waals surface area contributed by atoms with E-state index in [4.69, 9.17) is 4.42 Å². The summed E-state index contributed by atoms with van der Waals surface area (Å²) in [7, 11) is 0. The second-order valence-corrected chi connectivity index (χ2v) is 7.93. The minimum absolute atomic E-state index is 0.214. The summed E-state index contributed by atoms with van der Waals surface area (Å²) in [5, 5.41) is 4.28. The van der Waals surface area contributed by atoms with Crippen molar-refractivity contribution in [3.8, 4) is 11.3 Å². The Morgan fingerprint density at radius 2 is 2.26 bits per heavy atom. The lowest BCUT2D eigenvalue weighted by atomic mass is 9.92. The van der Waals surface area contributed by atoms with Crippen LogP contribution in [0.3, 0.4) is 0 Å². The van der Waals surface area contributed by atoms with Crippen LogP contribution in [-0.4, -0.2) is 45.4 Å². The largest absolute Gasteiger partial charge is 0.444 e. The molecule has 1 aliphatic heterocycles. The maximum absolute atomic E-state index is 12.7. The second kappa shape index (κ2) is 8.59. The lowest BCUT2D eigenvalue weighted by molar-refractivity contribution is -0.118. The van der Waals surface area contributed by atoms with Gasteiger partial charge in [-0.1, -0.05) is 12.1 Å². The van der Waals surface area contributed by atoms with Crippen LogP contribution in [0.15, 0.2) is 59.9 Å². The van der Waals surface area contributed by atoms with Crippen LogP contribution in [0, 0.1) is 5.92 Å². The van der Waals surface area contributed by atoms with Crippen molar-refractivity contribution in [1.82, 2.24) is 19.9 Å². The molecule has 158 valence electrons. The van der Waals surface area contributed by atoms with Crippen molar-refractivity contribution < 1.29 is 9.21 Å². The van der Waals surface area contributed by atoms with Gasteiger partial charge in [0.15, 0.2) is 17.9 Å². The van der Waals surface area contributed by atoms with E-state index in [1.54, 1.807) is 12.5 Å². The van der Waals surface area contributed by atoms with Gasteiger partial charge < -0.3 is 19.6 Å². The topological polar surface area (TPSA) is 99.9 Å². The van der Waals surface area contributed by atoms with Gasteiger partial charge in [0.05, 0.1) is 18.1 Å². The average Bonchev–Trinajstić information content (AvgIpc) is 3.50. The number of carbonyl (C=O) groups excluding carboxylic acids is 1. The summed E-state index contributed by atoms with van der Waals surface area (Å²) in [5.41, 5.74) is 2.67. The number of piperidine rings is 1. The quantitative estimate of drug-likeness (QED) is 0.471. The SMILES string of the molecule is O=C(CNc1cccc(-c2cnco2)c1)C[C@@H]1CCCN(c2ncnc3[nH]ccc23)C1. The summed E-state index contributed by atoms with van der Waals surface area (Å²) >= 11 is 0. The first-order chi connectivity index (χ1) is 15.3. The summed E-state index contributed by atoms with van der Waals surface area (Å²) in [6.07, 6.45) is 9.25. The van der Waals surface area contributed by atoms with Crippen LogP contribution in [0.1, 0.15) is 19.3 Å². The lowest BCUT2D eigenvalue weighted by Gasteiger charge is -2.33. The lowest BCUT2D eigenvalue weighted by Crippen LogP contribution is -2.37. The third kappa shape index (κ3) is 4.28. The fraction of sp³-hybridized carbons (Fsp3) is 0.304. The van der Waals surface area contributed by atoms with Crippen LogP contribution < -0.4 is 10.2 Å². The second-order valence-electron chi connectivity index (χ2n) is 7.93. The number of Topliss-reactive ketones (excluding diaryl/α,β-unsaturated/α-hetero) is 1. The zero-order valence-electron chi connectivity index (χ0n) is 17.1. The summed E-state index contributed by atoms with van der Waals surface area (Å²) in [4.78, 5) is 30.8. The highest BCUT2D eigenvalue weighted by Gasteiger charge is 2.24. The van der Waals surface area contributed by atoms with Crippen LogP contribution in [-0.2, 0) is 4.79 Å². The first-order valence-corrected chi connectivity index (χ1v) is 10.5. The first kappa shape index (κ1) is 19.3. The van der Waals surface area contributed by atoms with E-state index in [-0.39, 0.29) is 5.78 Å². The molecule has 0 bridgehead atoms. The summed E-state index contributed by atoms with van der Waals surface area (Å²) < 4.78 is 5.35. The van der Waals surface area contributed by atoms with E-state index in [0.29, 0.717) is 24.6 Å². The number of hydrogen-bond donors (Lipinski definition) is 2. The Balaban J connectivity index is 1.18. The van der Waals surface area contributed by atoms with Gasteiger partial charge >= 0.3 is 0 Å². The van der Waals surface area contributed by atoms with Crippen molar-refractivity contribution in [3.63, 3.8) is 0 Å². The van der Waals surface area contributed by atoms with Crippen molar-refractivity contribution in [3.05, 3.63) is 55.4 Å². The fourth-order valence-electron chi connectivity index (χ4n) is 4.27. The van der Waals surface area contributed by atoms with Crippen molar-refractivity contribution in [2.45, 2.75) is 19.3 Å². The molecule has 1 aliphatic rings. The molecule has 0 spiro atoms. The predicted molar refractivity (Wildman–Crippen MR) is 119 cm³/mol. The summed E-state index contributed by atoms with van der Waals surface area (Å²) in [5.74, 6) is 2.20. The van der Waals surface area contributed by atoms with Gasteiger partial charge in [0, 0.05) is 37.0 Å². The standard InChI is InChI=1S/C23H24N6O2/c30-19(11-26-18-5-1-4-17(10-18)21-12-24-15-31-21)9-16-3-2-8-29(13-16)23-20-6-7-25-22(20)27-14-28-23/h1,4-7,10,12,14-16,26H,2-3,8-9,11,13H2,(H,25,27,28)/t16-/m0/s1. The van der Waals surface area contributed by atoms with Crippen molar-refractivity contribution in [2.24, 2.45) is 5.92 Å². The number of nitrogens with one attached hydrogen (secondary N) is 2. The number of ketones is 1. The van der Waals surface area contributed by atoms with Crippen LogP contribution in [0.5, 0.6) is 0 Å². The van der Waals surface area contributed by atoms with Gasteiger partial charge in [-0.15, -0.1) is 0 Å². The molecule has 8 heteroatoms. The van der Waals surface area contributed by atoms with E-state index in [0.717, 1.165) is 54.0 Å². The van der Waals surface area contributed by atoms with E-state index >= 15 is 0 Å². The maximum atomic E-state index is 12.7. The number of anilines is 2. The van der Waals surface area contributed by atoms with Gasteiger partial charge in [-0.05, 0) is 37.0 Å². The van der Waals surface area contributed by atoms with E-state index in [1.165, 1.54) is 6.39 Å². The number of nitrogens with zero attached hydrogens (tertiary/aromatic N) is 4. The van der Waals surface area contributed by atoms with Crippen LogP contribution >= 0.6 is 0 Å². The van der Waals surface area contributed by atoms with Crippen LogP contribution in [0.25, 0.3) is 22.4 Å². The van der Waals surface area contributed by atoms with Gasteiger partial charge in [-0.3, -0.25) is 4.79 Å². The molecule has 2 N–H and O–H groups in total. The minimum atomic E-state index is 0.214. The molecule has 31 heavy (non-hydrogen) atoms. The Morgan fingerprint density at radius 3 is 3.16 bits per heavy atom. The van der Waals surface area contributed by atoms with Gasteiger partial charge in [-0.25, -0.2) is 15.0 Å². The van der Waals surface area contributed by atoms with Crippen LogP contribution in [0.2, 0.25) is 0 Å². The van der Waals surface area contributed by atoms with Gasteiger partial charge in [0.1, 0.15) is 17.8 Å². The third-order valence-corrected chi connectivity index (χ3v) is 5.74. The van der Waals surface area contributed by atoms with Gasteiger partial charge in [0.2, 0.25) is 0 Å². The molecule has 1 aromatic carbocycles. The zero-order valence-corrected chi connectivity index (χ0v) is 17.1. The molecule has 0 unspecified atom stereocenters. The fourth-order valence-corrected chi connectivity index (χ4v) is 4.27. The Morgan fingerprint density at radius 1 is 1.29 bits per heavy atom. The summed E-state index contributed by atoms with van der Waals surface area (Å²) in [6.45, 7) is 2.10.